The van der Waals surface area contributed by atoms with Crippen molar-refractivity contribution in [2.75, 3.05) is 13.2 Å². The summed E-state index contributed by atoms with van der Waals surface area (Å²) in [5.41, 5.74) is 0. The second-order valence-corrected chi connectivity index (χ2v) is 5.25. The predicted octanol–water partition coefficient (Wildman–Crippen LogP) is 3.21. The van der Waals surface area contributed by atoms with Crippen LogP contribution >= 0.6 is 0 Å². The van der Waals surface area contributed by atoms with E-state index in [2.05, 4.69) is 13.8 Å². The van der Waals surface area contributed by atoms with Gasteiger partial charge in [-0.15, -0.1) is 0 Å². The summed E-state index contributed by atoms with van der Waals surface area (Å²) in [6.45, 7) is 4.29. The highest BCUT2D eigenvalue weighted by Gasteiger charge is 1.97. The van der Waals surface area contributed by atoms with Crippen LogP contribution in [-0.2, 0) is 4.79 Å². The molecular formula is C15H32O4. The lowest BCUT2D eigenvalue weighted by molar-refractivity contribution is -0.137. The molecule has 19 heavy (non-hydrogen) atoms. The standard InChI is InChI=1S/C13H26O2.C2H6O2/c1-12(2)10-8-6-4-3-5-7-9-11-13(14)15;3-1-2-4/h12H,3-11H2,1-2H3,(H,14,15);3-4H,1-2H2. The molecule has 0 heterocycles. The van der Waals surface area contributed by atoms with Crippen molar-refractivity contribution in [3.63, 3.8) is 0 Å². The number of aliphatic hydroxyl groups is 2. The Morgan fingerprint density at radius 1 is 0.842 bits per heavy atom. The molecule has 0 unspecified atom stereocenters. The van der Waals surface area contributed by atoms with Crippen LogP contribution in [0.5, 0.6) is 0 Å². The third-order valence-corrected chi connectivity index (χ3v) is 2.77. The predicted molar refractivity (Wildman–Crippen MR) is 78.2 cm³/mol. The Morgan fingerprint density at radius 3 is 1.63 bits per heavy atom. The molecule has 0 aromatic rings. The van der Waals surface area contributed by atoms with Crippen molar-refractivity contribution >= 4 is 5.97 Å². The number of carbonyl (C=O) groups is 1. The topological polar surface area (TPSA) is 77.8 Å². The molecule has 0 fully saturated rings. The van der Waals surface area contributed by atoms with E-state index >= 15 is 0 Å². The van der Waals surface area contributed by atoms with Crippen molar-refractivity contribution in [3.05, 3.63) is 0 Å². The van der Waals surface area contributed by atoms with E-state index in [1.165, 1.54) is 38.5 Å². The first-order valence-corrected chi connectivity index (χ1v) is 7.48. The van der Waals surface area contributed by atoms with E-state index in [-0.39, 0.29) is 13.2 Å². The molecule has 0 spiro atoms. The molecule has 3 N–H and O–H groups in total. The van der Waals surface area contributed by atoms with Gasteiger partial charge in [-0.3, -0.25) is 4.79 Å². The molecule has 0 aliphatic rings. The minimum Gasteiger partial charge on any atom is -0.481 e. The van der Waals surface area contributed by atoms with Gasteiger partial charge in [-0.25, -0.2) is 0 Å². The van der Waals surface area contributed by atoms with Crippen molar-refractivity contribution in [1.29, 1.82) is 0 Å². The molecule has 0 aliphatic heterocycles. The summed E-state index contributed by atoms with van der Waals surface area (Å²) in [7, 11) is 0. The van der Waals surface area contributed by atoms with Gasteiger partial charge in [0.05, 0.1) is 13.2 Å². The highest BCUT2D eigenvalue weighted by atomic mass is 16.4. The average molecular weight is 276 g/mol. The zero-order valence-electron chi connectivity index (χ0n) is 12.6. The first kappa shape index (κ1) is 20.7. The maximum Gasteiger partial charge on any atom is 0.303 e. The normalized spacial score (nSPS) is 10.2. The number of unbranched alkanes of at least 4 members (excludes halogenated alkanes) is 6. The van der Waals surface area contributed by atoms with Gasteiger partial charge in [0.15, 0.2) is 0 Å². The Morgan fingerprint density at radius 2 is 1.26 bits per heavy atom. The fraction of sp³-hybridized carbons (Fsp3) is 0.933. The Labute approximate surface area is 117 Å². The monoisotopic (exact) mass is 276 g/mol. The molecule has 0 bridgehead atoms. The van der Waals surface area contributed by atoms with E-state index in [0.717, 1.165) is 18.8 Å². The second-order valence-electron chi connectivity index (χ2n) is 5.25. The maximum absolute atomic E-state index is 10.2. The molecule has 0 aromatic heterocycles. The largest absolute Gasteiger partial charge is 0.481 e. The van der Waals surface area contributed by atoms with Crippen LogP contribution in [0.3, 0.4) is 0 Å². The molecule has 4 nitrogen and oxygen atoms in total. The summed E-state index contributed by atoms with van der Waals surface area (Å²) in [4.78, 5) is 10.2. The van der Waals surface area contributed by atoms with E-state index in [4.69, 9.17) is 15.3 Å². The Bertz CT molecular complexity index is 179. The van der Waals surface area contributed by atoms with Gasteiger partial charge in [0.25, 0.3) is 0 Å². The van der Waals surface area contributed by atoms with Gasteiger partial charge in [0, 0.05) is 6.42 Å². The zero-order valence-corrected chi connectivity index (χ0v) is 12.6. The SMILES string of the molecule is CC(C)CCCCCCCCCC(=O)O.OCCO. The third kappa shape index (κ3) is 26.8. The lowest BCUT2D eigenvalue weighted by Crippen LogP contribution is -1.93. The lowest BCUT2D eigenvalue weighted by Gasteiger charge is -2.04. The fourth-order valence-corrected chi connectivity index (χ4v) is 1.71. The van der Waals surface area contributed by atoms with Crippen LogP contribution in [0.2, 0.25) is 0 Å². The summed E-state index contributed by atoms with van der Waals surface area (Å²) in [6, 6.07) is 0. The number of aliphatic carboxylic acids is 1. The molecule has 0 rings (SSSR count). The zero-order chi connectivity index (χ0) is 14.9. The van der Waals surface area contributed by atoms with Gasteiger partial charge in [0.2, 0.25) is 0 Å². The van der Waals surface area contributed by atoms with Crippen LogP contribution in [0.1, 0.15) is 71.6 Å². The number of hydrogen-bond donors (Lipinski definition) is 3. The molecule has 0 saturated heterocycles. The number of hydrogen-bond acceptors (Lipinski definition) is 3. The molecule has 116 valence electrons. The molecule has 0 aliphatic carbocycles. The van der Waals surface area contributed by atoms with E-state index in [0.29, 0.717) is 6.42 Å². The van der Waals surface area contributed by atoms with E-state index < -0.39 is 5.97 Å². The van der Waals surface area contributed by atoms with Crippen LogP contribution < -0.4 is 0 Å². The van der Waals surface area contributed by atoms with Gasteiger partial charge in [-0.1, -0.05) is 58.8 Å². The molecule has 4 heteroatoms. The lowest BCUT2D eigenvalue weighted by atomic mass is 10.0. The van der Waals surface area contributed by atoms with Crippen LogP contribution in [0.15, 0.2) is 0 Å². The van der Waals surface area contributed by atoms with Crippen molar-refractivity contribution in [1.82, 2.24) is 0 Å². The van der Waals surface area contributed by atoms with Crippen molar-refractivity contribution in [3.8, 4) is 0 Å². The second kappa shape index (κ2) is 17.4. The number of carboxylic acid groups (broad SMARTS) is 1. The van der Waals surface area contributed by atoms with Gasteiger partial charge in [0.1, 0.15) is 0 Å². The van der Waals surface area contributed by atoms with Crippen molar-refractivity contribution in [2.24, 2.45) is 5.92 Å². The summed E-state index contributed by atoms with van der Waals surface area (Å²) in [5, 5.41) is 23.7. The van der Waals surface area contributed by atoms with Crippen LogP contribution in [0.4, 0.5) is 0 Å². The minimum atomic E-state index is -0.660. The van der Waals surface area contributed by atoms with Gasteiger partial charge in [-0.2, -0.15) is 0 Å². The summed E-state index contributed by atoms with van der Waals surface area (Å²) >= 11 is 0. The quantitative estimate of drug-likeness (QED) is 0.506. The van der Waals surface area contributed by atoms with Crippen LogP contribution in [0, 0.1) is 5.92 Å². The van der Waals surface area contributed by atoms with Crippen molar-refractivity contribution < 1.29 is 20.1 Å². The highest BCUT2D eigenvalue weighted by Crippen LogP contribution is 2.12. The van der Waals surface area contributed by atoms with E-state index in [1.807, 2.05) is 0 Å². The maximum atomic E-state index is 10.2. The Balaban J connectivity index is 0. The number of carboxylic acids is 1. The molecular weight excluding hydrogens is 244 g/mol. The first-order chi connectivity index (χ1) is 9.04. The first-order valence-electron chi connectivity index (χ1n) is 7.48. The van der Waals surface area contributed by atoms with Gasteiger partial charge >= 0.3 is 5.97 Å². The molecule has 0 radical (unpaired) electrons. The van der Waals surface area contributed by atoms with Gasteiger partial charge in [-0.05, 0) is 12.3 Å². The molecule has 0 atom stereocenters. The van der Waals surface area contributed by atoms with E-state index in [1.54, 1.807) is 0 Å². The number of rotatable bonds is 11. The summed E-state index contributed by atoms with van der Waals surface area (Å²) in [6.07, 6.45) is 10.1. The van der Waals surface area contributed by atoms with Crippen LogP contribution in [0.25, 0.3) is 0 Å². The van der Waals surface area contributed by atoms with Crippen molar-refractivity contribution in [2.45, 2.75) is 71.6 Å². The summed E-state index contributed by atoms with van der Waals surface area (Å²) < 4.78 is 0. The Hall–Kier alpha value is -0.610. The van der Waals surface area contributed by atoms with E-state index in [9.17, 15) is 4.79 Å². The highest BCUT2D eigenvalue weighted by molar-refractivity contribution is 5.66. The summed E-state index contributed by atoms with van der Waals surface area (Å²) in [5.74, 6) is 0.174. The van der Waals surface area contributed by atoms with Crippen LogP contribution in [-0.4, -0.2) is 34.5 Å². The number of aliphatic hydroxyl groups excluding tert-OH is 2. The molecule has 0 aromatic carbocycles. The van der Waals surface area contributed by atoms with Gasteiger partial charge < -0.3 is 15.3 Å². The smallest absolute Gasteiger partial charge is 0.303 e. The third-order valence-electron chi connectivity index (χ3n) is 2.77. The molecule has 0 amide bonds. The fourth-order valence-electron chi connectivity index (χ4n) is 1.71. The molecule has 0 saturated carbocycles. The minimum absolute atomic E-state index is 0.125. The Kier molecular flexibility index (Phi) is 18.9. The average Bonchev–Trinajstić information content (AvgIpc) is 2.36.